The van der Waals surface area contributed by atoms with Crippen molar-refractivity contribution in [1.29, 1.82) is 0 Å². The Morgan fingerprint density at radius 2 is 1.59 bits per heavy atom. The molecule has 0 saturated carbocycles. The van der Waals surface area contributed by atoms with Gasteiger partial charge in [-0.05, 0) is 32.8 Å². The minimum absolute atomic E-state index is 0. The Morgan fingerprint density at radius 3 is 2.19 bits per heavy atom. The van der Waals surface area contributed by atoms with Gasteiger partial charge in [0.1, 0.15) is 5.75 Å². The van der Waals surface area contributed by atoms with Gasteiger partial charge in [-0.2, -0.15) is 0 Å². The van der Waals surface area contributed by atoms with E-state index < -0.39 is 0 Å². The Kier molecular flexibility index (Phi) is 14.8. The van der Waals surface area contributed by atoms with Gasteiger partial charge in [-0.25, -0.2) is 4.99 Å². The Labute approximate surface area is 180 Å². The number of nitrogens with one attached hydrogen (secondary N) is 2. The van der Waals surface area contributed by atoms with Crippen molar-refractivity contribution in [3.63, 3.8) is 0 Å². The second kappa shape index (κ2) is 15.6. The number of rotatable bonds is 12. The fourth-order valence-electron chi connectivity index (χ4n) is 2.40. The molecule has 0 spiro atoms. The first-order valence-electron chi connectivity index (χ1n) is 9.08. The zero-order chi connectivity index (χ0) is 19.2. The summed E-state index contributed by atoms with van der Waals surface area (Å²) in [6.07, 6.45) is 2.06. The highest BCUT2D eigenvalue weighted by Gasteiger charge is 2.11. The molecule has 0 saturated heterocycles. The molecule has 0 aliphatic carbocycles. The summed E-state index contributed by atoms with van der Waals surface area (Å²) >= 11 is 0. The zero-order valence-corrected chi connectivity index (χ0v) is 19.4. The number of ether oxygens (including phenoxy) is 4. The lowest BCUT2D eigenvalue weighted by Gasteiger charge is -2.14. The molecule has 8 heteroatoms. The van der Waals surface area contributed by atoms with Gasteiger partial charge in [0.2, 0.25) is 0 Å². The topological polar surface area (TPSA) is 73.3 Å². The molecule has 2 N–H and O–H groups in total. The van der Waals surface area contributed by atoms with Crippen LogP contribution in [0.3, 0.4) is 0 Å². The summed E-state index contributed by atoms with van der Waals surface area (Å²) in [7, 11) is 4.86. The lowest BCUT2D eigenvalue weighted by Crippen LogP contribution is -2.37. The molecule has 27 heavy (non-hydrogen) atoms. The van der Waals surface area contributed by atoms with Gasteiger partial charge in [0.25, 0.3) is 0 Å². The number of unbranched alkanes of at least 4 members (excludes halogenated alkanes) is 1. The second-order valence-electron chi connectivity index (χ2n) is 5.55. The third-order valence-electron chi connectivity index (χ3n) is 3.75. The molecule has 0 aromatic heterocycles. The molecule has 0 aliphatic heterocycles. The first-order valence-corrected chi connectivity index (χ1v) is 9.08. The van der Waals surface area contributed by atoms with E-state index in [1.807, 2.05) is 26.0 Å². The predicted molar refractivity (Wildman–Crippen MR) is 120 cm³/mol. The first-order chi connectivity index (χ1) is 12.7. The lowest BCUT2D eigenvalue weighted by molar-refractivity contribution is 0.143. The van der Waals surface area contributed by atoms with Crippen molar-refractivity contribution >= 4 is 29.9 Å². The van der Waals surface area contributed by atoms with E-state index in [4.69, 9.17) is 18.9 Å². The first kappa shape index (κ1) is 25.6. The van der Waals surface area contributed by atoms with Crippen LogP contribution in [-0.4, -0.2) is 53.6 Å². The average molecular weight is 495 g/mol. The Morgan fingerprint density at radius 1 is 0.926 bits per heavy atom. The van der Waals surface area contributed by atoms with E-state index in [-0.39, 0.29) is 24.0 Å². The minimum atomic E-state index is 0. The predicted octanol–water partition coefficient (Wildman–Crippen LogP) is 3.20. The number of guanidine groups is 1. The molecule has 0 atom stereocenters. The van der Waals surface area contributed by atoms with Gasteiger partial charge >= 0.3 is 0 Å². The third-order valence-corrected chi connectivity index (χ3v) is 3.75. The highest BCUT2D eigenvalue weighted by molar-refractivity contribution is 14.0. The molecule has 1 aromatic carbocycles. The van der Waals surface area contributed by atoms with Crippen molar-refractivity contribution in [2.75, 3.05) is 47.6 Å². The van der Waals surface area contributed by atoms with Crippen molar-refractivity contribution < 1.29 is 18.9 Å². The smallest absolute Gasteiger partial charge is 0.191 e. The van der Waals surface area contributed by atoms with Gasteiger partial charge < -0.3 is 29.6 Å². The van der Waals surface area contributed by atoms with E-state index in [0.29, 0.717) is 18.0 Å². The van der Waals surface area contributed by atoms with E-state index in [0.717, 1.165) is 56.4 Å². The van der Waals surface area contributed by atoms with E-state index >= 15 is 0 Å². The molecular formula is C19H34IN3O4. The Hall–Kier alpha value is -1.42. The number of halogens is 1. The third kappa shape index (κ3) is 9.37. The van der Waals surface area contributed by atoms with Gasteiger partial charge in [-0.3, -0.25) is 0 Å². The van der Waals surface area contributed by atoms with Crippen molar-refractivity contribution in [3.05, 3.63) is 17.7 Å². The van der Waals surface area contributed by atoms with E-state index in [1.54, 1.807) is 21.3 Å². The van der Waals surface area contributed by atoms with Gasteiger partial charge in [0, 0.05) is 37.9 Å². The summed E-state index contributed by atoms with van der Waals surface area (Å²) in [6.45, 7) is 7.74. The molecule has 7 nitrogen and oxygen atoms in total. The fourth-order valence-corrected chi connectivity index (χ4v) is 2.40. The maximum absolute atomic E-state index is 5.46. The van der Waals surface area contributed by atoms with Gasteiger partial charge in [0.15, 0.2) is 17.5 Å². The molecular weight excluding hydrogens is 461 g/mol. The molecule has 0 radical (unpaired) electrons. The summed E-state index contributed by atoms with van der Waals surface area (Å²) in [5, 5.41) is 6.60. The normalized spacial score (nSPS) is 10.8. The molecule has 1 aromatic rings. The van der Waals surface area contributed by atoms with Gasteiger partial charge in [-0.1, -0.05) is 0 Å². The number of hydrogen-bond donors (Lipinski definition) is 2. The van der Waals surface area contributed by atoms with Gasteiger partial charge in [0.05, 0.1) is 27.9 Å². The zero-order valence-electron chi connectivity index (χ0n) is 17.1. The van der Waals surface area contributed by atoms with Crippen LogP contribution in [0.2, 0.25) is 0 Å². The van der Waals surface area contributed by atoms with Crippen LogP contribution in [0.1, 0.15) is 32.3 Å². The summed E-state index contributed by atoms with van der Waals surface area (Å²) in [4.78, 5) is 4.64. The standard InChI is InChI=1S/C19H33N3O4.HI/c1-6-20-19(21-10-8-9-11-26-7-2)22-14-15-12-17(24-4)18(25-5)13-16(15)23-3;/h12-13H,6-11,14H2,1-5H3,(H2,20,21,22);1H. The molecule has 0 heterocycles. The Balaban J connectivity index is 0.00000676. The molecule has 156 valence electrons. The van der Waals surface area contributed by atoms with Crippen LogP contribution < -0.4 is 24.8 Å². The molecule has 0 aliphatic rings. The van der Waals surface area contributed by atoms with Crippen LogP contribution in [0.5, 0.6) is 17.2 Å². The van der Waals surface area contributed by atoms with Crippen LogP contribution in [0.25, 0.3) is 0 Å². The molecule has 1 rings (SSSR count). The van der Waals surface area contributed by atoms with Crippen LogP contribution in [-0.2, 0) is 11.3 Å². The largest absolute Gasteiger partial charge is 0.496 e. The minimum Gasteiger partial charge on any atom is -0.496 e. The SMILES string of the molecule is CCNC(=NCc1cc(OC)c(OC)cc1OC)NCCCCOCC.I. The molecule has 0 amide bonds. The van der Waals surface area contributed by atoms with Crippen molar-refractivity contribution in [1.82, 2.24) is 10.6 Å². The average Bonchev–Trinajstić information content (AvgIpc) is 2.67. The van der Waals surface area contributed by atoms with Crippen molar-refractivity contribution in [2.24, 2.45) is 4.99 Å². The molecule has 0 unspecified atom stereocenters. The maximum atomic E-state index is 5.46. The van der Waals surface area contributed by atoms with E-state index in [9.17, 15) is 0 Å². The van der Waals surface area contributed by atoms with E-state index in [1.165, 1.54) is 0 Å². The van der Waals surface area contributed by atoms with Crippen LogP contribution >= 0.6 is 24.0 Å². The summed E-state index contributed by atoms with van der Waals surface area (Å²) in [5.74, 6) is 2.79. The highest BCUT2D eigenvalue weighted by Crippen LogP contribution is 2.34. The lowest BCUT2D eigenvalue weighted by atomic mass is 10.1. The van der Waals surface area contributed by atoms with Crippen LogP contribution in [0.15, 0.2) is 17.1 Å². The molecule has 0 fully saturated rings. The second-order valence-corrected chi connectivity index (χ2v) is 5.55. The number of benzene rings is 1. The van der Waals surface area contributed by atoms with Crippen molar-refractivity contribution in [3.8, 4) is 17.2 Å². The van der Waals surface area contributed by atoms with Gasteiger partial charge in [-0.15, -0.1) is 24.0 Å². The summed E-state index contributed by atoms with van der Waals surface area (Å²) in [5.41, 5.74) is 0.929. The number of hydrogen-bond acceptors (Lipinski definition) is 5. The fraction of sp³-hybridized carbons (Fsp3) is 0.632. The number of methoxy groups -OCH3 is 3. The number of nitrogens with zero attached hydrogens (tertiary/aromatic N) is 1. The summed E-state index contributed by atoms with van der Waals surface area (Å²) < 4.78 is 21.5. The molecule has 0 bridgehead atoms. The van der Waals surface area contributed by atoms with Crippen LogP contribution in [0.4, 0.5) is 0 Å². The monoisotopic (exact) mass is 495 g/mol. The summed E-state index contributed by atoms with van der Waals surface area (Å²) in [6, 6.07) is 3.71. The maximum Gasteiger partial charge on any atom is 0.191 e. The Bertz CT molecular complexity index is 556. The highest BCUT2D eigenvalue weighted by atomic mass is 127. The van der Waals surface area contributed by atoms with Crippen molar-refractivity contribution in [2.45, 2.75) is 33.2 Å². The van der Waals surface area contributed by atoms with E-state index in [2.05, 4.69) is 15.6 Å². The quantitative estimate of drug-likeness (QED) is 0.201. The van der Waals surface area contributed by atoms with Crippen LogP contribution in [0, 0.1) is 0 Å². The number of aliphatic imine (C=N–C) groups is 1.